The van der Waals surface area contributed by atoms with Gasteiger partial charge in [0.2, 0.25) is 5.95 Å². The summed E-state index contributed by atoms with van der Waals surface area (Å²) < 4.78 is 95.5. The van der Waals surface area contributed by atoms with Crippen LogP contribution in [0.3, 0.4) is 0 Å². The Morgan fingerprint density at radius 1 is 0.722 bits per heavy atom. The van der Waals surface area contributed by atoms with Crippen molar-refractivity contribution in [1.82, 2.24) is 15.0 Å². The van der Waals surface area contributed by atoms with Gasteiger partial charge < -0.3 is 10.1 Å². The number of ether oxygens (including phenoxy) is 1. The minimum atomic E-state index is -4.68. The monoisotopic (exact) mass is 508 g/mol. The molecule has 0 saturated carbocycles. The lowest BCUT2D eigenvalue weighted by molar-refractivity contribution is -0.154. The third-order valence-electron chi connectivity index (χ3n) is 4.70. The maximum atomic E-state index is 13.7. The van der Waals surface area contributed by atoms with Crippen molar-refractivity contribution >= 4 is 11.6 Å². The van der Waals surface area contributed by atoms with Crippen LogP contribution < -0.4 is 10.1 Å². The summed E-state index contributed by atoms with van der Waals surface area (Å²) in [6, 6.07) is 15.6. The largest absolute Gasteiger partial charge is 0.454 e. The average Bonchev–Trinajstić information content (AvgIpc) is 2.82. The summed E-state index contributed by atoms with van der Waals surface area (Å²) in [5.41, 5.74) is 0.415. The molecule has 0 atom stereocenters. The standard InChI is InChI=1S/C24H15F7N4O/c25-18-8-2-5-15(11-18)14-4-1-6-16(10-14)20-33-21(35-22(34-20)36-13-23(26,27)28)32-19-9-3-7-17(12-19)24(29,30)31/h1-12H,13H2,(H,32,33,34,35). The van der Waals surface area contributed by atoms with E-state index in [-0.39, 0.29) is 17.5 Å². The average molecular weight is 508 g/mol. The Bertz CT molecular complexity index is 1370. The Labute approximate surface area is 199 Å². The molecule has 0 aliphatic heterocycles. The molecule has 1 heterocycles. The van der Waals surface area contributed by atoms with E-state index in [0.717, 1.165) is 18.2 Å². The summed E-state index contributed by atoms with van der Waals surface area (Å²) in [7, 11) is 0. The van der Waals surface area contributed by atoms with Crippen LogP contribution in [-0.4, -0.2) is 27.7 Å². The molecule has 0 amide bonds. The predicted octanol–water partition coefficient (Wildman–Crippen LogP) is 7.05. The predicted molar refractivity (Wildman–Crippen MR) is 117 cm³/mol. The second-order valence-corrected chi connectivity index (χ2v) is 7.46. The topological polar surface area (TPSA) is 59.9 Å². The van der Waals surface area contributed by atoms with Crippen LogP contribution in [0.25, 0.3) is 22.5 Å². The lowest BCUT2D eigenvalue weighted by atomic mass is 10.0. The molecule has 0 radical (unpaired) electrons. The summed E-state index contributed by atoms with van der Waals surface area (Å²) in [6.45, 7) is -1.69. The molecule has 0 unspecified atom stereocenters. The van der Waals surface area contributed by atoms with Gasteiger partial charge in [0.1, 0.15) is 5.82 Å². The van der Waals surface area contributed by atoms with Crippen molar-refractivity contribution in [3.8, 4) is 28.5 Å². The van der Waals surface area contributed by atoms with Crippen LogP contribution >= 0.6 is 0 Å². The van der Waals surface area contributed by atoms with Crippen LogP contribution in [0.1, 0.15) is 5.56 Å². The molecule has 12 heteroatoms. The number of nitrogens with one attached hydrogen (secondary N) is 1. The lowest BCUT2D eigenvalue weighted by Crippen LogP contribution is -2.20. The molecule has 5 nitrogen and oxygen atoms in total. The molecule has 4 aromatic rings. The van der Waals surface area contributed by atoms with Gasteiger partial charge in [0, 0.05) is 11.3 Å². The number of halogens is 7. The van der Waals surface area contributed by atoms with Crippen molar-refractivity contribution in [2.75, 3.05) is 11.9 Å². The van der Waals surface area contributed by atoms with Crippen LogP contribution in [0.5, 0.6) is 6.01 Å². The highest BCUT2D eigenvalue weighted by Gasteiger charge is 2.31. The molecule has 36 heavy (non-hydrogen) atoms. The Hall–Kier alpha value is -4.22. The molecule has 186 valence electrons. The van der Waals surface area contributed by atoms with Crippen LogP contribution in [0.2, 0.25) is 0 Å². The zero-order valence-corrected chi connectivity index (χ0v) is 18.0. The third-order valence-corrected chi connectivity index (χ3v) is 4.70. The van der Waals surface area contributed by atoms with Gasteiger partial charge in [0.25, 0.3) is 0 Å². The third kappa shape index (κ3) is 6.46. The molecule has 0 aliphatic rings. The molecule has 0 spiro atoms. The van der Waals surface area contributed by atoms with E-state index in [2.05, 4.69) is 25.0 Å². The van der Waals surface area contributed by atoms with Crippen LogP contribution in [0, 0.1) is 5.82 Å². The maximum Gasteiger partial charge on any atom is 0.422 e. The first-order chi connectivity index (χ1) is 17.0. The summed E-state index contributed by atoms with van der Waals surface area (Å²) in [6.07, 6.45) is -9.29. The van der Waals surface area contributed by atoms with Gasteiger partial charge in [0.05, 0.1) is 5.56 Å². The first-order valence-corrected chi connectivity index (χ1v) is 10.2. The van der Waals surface area contributed by atoms with Crippen molar-refractivity contribution in [3.63, 3.8) is 0 Å². The fourth-order valence-corrected chi connectivity index (χ4v) is 3.16. The Morgan fingerprint density at radius 2 is 1.39 bits per heavy atom. The highest BCUT2D eigenvalue weighted by molar-refractivity contribution is 5.71. The van der Waals surface area contributed by atoms with Gasteiger partial charge in [-0.1, -0.05) is 36.4 Å². The normalized spacial score (nSPS) is 11.9. The first kappa shape index (κ1) is 24.9. The molecule has 0 saturated heterocycles. The number of alkyl halides is 6. The van der Waals surface area contributed by atoms with Gasteiger partial charge >= 0.3 is 18.4 Å². The minimum absolute atomic E-state index is 0.0581. The van der Waals surface area contributed by atoms with Crippen molar-refractivity contribution < 1.29 is 35.5 Å². The minimum Gasteiger partial charge on any atom is -0.454 e. The molecular weight excluding hydrogens is 493 g/mol. The second-order valence-electron chi connectivity index (χ2n) is 7.46. The zero-order chi connectivity index (χ0) is 25.9. The number of hydrogen-bond acceptors (Lipinski definition) is 5. The van der Waals surface area contributed by atoms with Crippen LogP contribution in [0.15, 0.2) is 72.8 Å². The van der Waals surface area contributed by atoms with Gasteiger partial charge in [-0.25, -0.2) is 4.39 Å². The summed E-state index contributed by atoms with van der Waals surface area (Å²) >= 11 is 0. The molecule has 4 rings (SSSR count). The summed E-state index contributed by atoms with van der Waals surface area (Å²) in [5.74, 6) is -0.920. The van der Waals surface area contributed by atoms with Crippen molar-refractivity contribution in [2.24, 2.45) is 0 Å². The first-order valence-electron chi connectivity index (χ1n) is 10.2. The van der Waals surface area contributed by atoms with Gasteiger partial charge in [-0.2, -0.15) is 41.3 Å². The van der Waals surface area contributed by atoms with E-state index in [1.165, 1.54) is 24.3 Å². The Balaban J connectivity index is 1.73. The van der Waals surface area contributed by atoms with E-state index < -0.39 is 36.4 Å². The highest BCUT2D eigenvalue weighted by atomic mass is 19.4. The quantitative estimate of drug-likeness (QED) is 0.283. The van der Waals surface area contributed by atoms with Gasteiger partial charge in [-0.3, -0.25) is 0 Å². The molecule has 3 aromatic carbocycles. The number of nitrogens with zero attached hydrogens (tertiary/aromatic N) is 3. The van der Waals surface area contributed by atoms with Gasteiger partial charge in [0.15, 0.2) is 12.4 Å². The van der Waals surface area contributed by atoms with Crippen LogP contribution in [-0.2, 0) is 6.18 Å². The number of aromatic nitrogens is 3. The Morgan fingerprint density at radius 3 is 2.08 bits per heavy atom. The molecule has 0 fully saturated rings. The summed E-state index contributed by atoms with van der Waals surface area (Å²) in [4.78, 5) is 11.8. The van der Waals surface area contributed by atoms with Crippen molar-refractivity contribution in [3.05, 3.63) is 84.2 Å². The van der Waals surface area contributed by atoms with Crippen molar-refractivity contribution in [1.29, 1.82) is 0 Å². The molecule has 1 aromatic heterocycles. The molecule has 1 N–H and O–H groups in total. The van der Waals surface area contributed by atoms with E-state index in [0.29, 0.717) is 16.7 Å². The molecule has 0 aliphatic carbocycles. The van der Waals surface area contributed by atoms with E-state index in [1.54, 1.807) is 30.3 Å². The fraction of sp³-hybridized carbons (Fsp3) is 0.125. The number of hydrogen-bond donors (Lipinski definition) is 1. The van der Waals surface area contributed by atoms with Gasteiger partial charge in [-0.15, -0.1) is 0 Å². The van der Waals surface area contributed by atoms with E-state index in [9.17, 15) is 30.7 Å². The fourth-order valence-electron chi connectivity index (χ4n) is 3.16. The number of rotatable bonds is 6. The number of anilines is 2. The van der Waals surface area contributed by atoms with E-state index in [1.807, 2.05) is 0 Å². The lowest BCUT2D eigenvalue weighted by Gasteiger charge is -2.13. The molecule has 0 bridgehead atoms. The Kier molecular flexibility index (Phi) is 6.77. The van der Waals surface area contributed by atoms with Gasteiger partial charge in [-0.05, 0) is 47.5 Å². The second kappa shape index (κ2) is 9.80. The molecular formula is C24H15F7N4O. The van der Waals surface area contributed by atoms with E-state index in [4.69, 9.17) is 0 Å². The SMILES string of the molecule is Fc1cccc(-c2cccc(-c3nc(Nc4cccc(C(F)(F)F)c4)nc(OCC(F)(F)F)n3)c2)c1. The maximum absolute atomic E-state index is 13.7. The summed E-state index contributed by atoms with van der Waals surface area (Å²) in [5, 5.41) is 2.54. The van der Waals surface area contributed by atoms with E-state index >= 15 is 0 Å². The van der Waals surface area contributed by atoms with Crippen LogP contribution in [0.4, 0.5) is 42.4 Å². The smallest absolute Gasteiger partial charge is 0.422 e. The highest BCUT2D eigenvalue weighted by Crippen LogP contribution is 2.32. The zero-order valence-electron chi connectivity index (χ0n) is 18.0. The van der Waals surface area contributed by atoms with Crippen molar-refractivity contribution in [2.45, 2.75) is 12.4 Å². The number of benzene rings is 3.